The highest BCUT2D eigenvalue weighted by Gasteiger charge is 2.44. The monoisotopic (exact) mass is 1700 g/mol. The van der Waals surface area contributed by atoms with E-state index in [0.717, 1.165) is 116 Å². The van der Waals surface area contributed by atoms with Crippen molar-refractivity contribution < 1.29 is 53.1 Å². The minimum atomic E-state index is -1.11. The Bertz CT molecular complexity index is 5520. The summed E-state index contributed by atoms with van der Waals surface area (Å²) in [7, 11) is 0. The van der Waals surface area contributed by atoms with Gasteiger partial charge in [0.25, 0.3) is 0 Å². The van der Waals surface area contributed by atoms with Gasteiger partial charge in [-0.05, 0) is 168 Å². The SMILES string of the molecule is CC(=O)NCC(=O)/C=C\n1cnc(-c2cc(C)cc(C)c2)n1.Cc1cc(C)cc(-c2ncn(/C=C\C(=O)CNC(=O)C(C)(CO)CCl)n2)c1.Cc1cc(C)cc(-c2ncn(/C=C\C(=O)CNC(=O)C3(C)CC3)n2)c1.Cc1cc(C)cc(-c2ncn(/C=C\C(=O)CNC(=O)C3CCC3)n2)c1.Cc1cc(C)cc(-c2ncn(/C=C\C(=O)CNC(=O)CC(C)C)n2)c1. The number of nitrogens with zero attached hydrogens (tertiary/aromatic N) is 15. The molecule has 0 bridgehead atoms. The van der Waals surface area contributed by atoms with Gasteiger partial charge in [-0.3, -0.25) is 47.9 Å². The number of nitrogens with one attached hydrogen (secondary N) is 5. The van der Waals surface area contributed by atoms with Crippen molar-refractivity contribution in [2.75, 3.05) is 45.2 Å². The first-order valence-corrected chi connectivity index (χ1v) is 41.0. The van der Waals surface area contributed by atoms with Crippen molar-refractivity contribution in [3.05, 3.63) is 209 Å². The molecule has 31 nitrogen and oxygen atoms in total. The van der Waals surface area contributed by atoms with E-state index in [1.807, 2.05) is 151 Å². The molecule has 1 unspecified atom stereocenters. The van der Waals surface area contributed by atoms with Crippen molar-refractivity contribution in [2.45, 2.75) is 142 Å². The molecule has 124 heavy (non-hydrogen) atoms. The molecule has 1 atom stereocenters. The molecule has 12 rings (SSSR count). The fourth-order valence-corrected chi connectivity index (χ4v) is 12.4. The number of carbonyl (C=O) groups is 10. The van der Waals surface area contributed by atoms with E-state index >= 15 is 0 Å². The van der Waals surface area contributed by atoms with Crippen LogP contribution in [0.3, 0.4) is 0 Å². The van der Waals surface area contributed by atoms with Gasteiger partial charge in [0.05, 0.1) is 44.7 Å². The smallest absolute Gasteiger partial charge is 0.229 e. The molecule has 0 spiro atoms. The summed E-state index contributed by atoms with van der Waals surface area (Å²) in [6.07, 6.45) is 27.3. The highest BCUT2D eigenvalue weighted by molar-refractivity contribution is 6.20. The van der Waals surface area contributed by atoms with Crippen molar-refractivity contribution in [2.24, 2.45) is 22.7 Å². The van der Waals surface area contributed by atoms with E-state index in [4.69, 9.17) is 11.6 Å². The van der Waals surface area contributed by atoms with E-state index in [1.54, 1.807) is 31.4 Å². The van der Waals surface area contributed by atoms with Gasteiger partial charge in [0.1, 0.15) is 31.6 Å². The van der Waals surface area contributed by atoms with Crippen molar-refractivity contribution in [3.8, 4) is 56.9 Å². The molecule has 10 aromatic rings. The first-order valence-electron chi connectivity index (χ1n) is 40.5. The summed E-state index contributed by atoms with van der Waals surface area (Å²) in [4.78, 5) is 138. The Morgan fingerprint density at radius 2 is 0.694 bits per heavy atom. The maximum atomic E-state index is 12.0. The fraction of sp³-hybridized carbons (Fsp3) is 0.348. The summed E-state index contributed by atoms with van der Waals surface area (Å²) in [6.45, 7) is 28.3. The first kappa shape index (κ1) is 95.9. The van der Waals surface area contributed by atoms with Crippen molar-refractivity contribution in [1.29, 1.82) is 0 Å². The highest BCUT2D eigenvalue weighted by Crippen LogP contribution is 2.45. The molecule has 2 saturated carbocycles. The maximum Gasteiger partial charge on any atom is 0.229 e. The number of alkyl halides is 1. The van der Waals surface area contributed by atoms with Gasteiger partial charge in [0.2, 0.25) is 29.5 Å². The zero-order valence-electron chi connectivity index (χ0n) is 72.8. The van der Waals surface area contributed by atoms with Gasteiger partial charge in [0.15, 0.2) is 58.0 Å². The highest BCUT2D eigenvalue weighted by atomic mass is 35.5. The Morgan fingerprint density at radius 1 is 0.427 bits per heavy atom. The standard InChI is InChI=1S/C19H23ClN4O3.2C19H22N4O2.C19H24N4O2.C16H18N4O2/c1-13-6-14(2)8-15(7-13)17-22-12-24(23-17)5-4-16(26)9-21-18(27)19(3,10-20)11-25;1-13-8-14(2)10-15(9-13)17-21-12-23(22-17)7-4-16(24)11-20-18(25)19(3)5-6-19;1-13-8-14(2)10-16(9-13)18-21-12-23(22-18)7-6-17(24)11-20-19(25)15-4-3-5-15;1-13(2)7-18(25)20-11-17(24)5-6-23-12-21-19(22-23)16-9-14(3)8-15(4)10-16;1-11-6-12(2)8-14(7-11)16-18-10-20(19-16)5-4-15(22)9-17-13(3)21/h4-8,12,25H,9-11H2,1-3H3,(H,21,27);4,7-10,12H,5-6,11H2,1-3H3,(H,20,25);6-10,12,15H,3-5,11H2,1-2H3,(H,20,25);5-6,8-10,12-13H,7,11H2,1-4H3,(H,20,25);4-8,10H,9H2,1-3H3,(H,17,21)/b5-4-;7-4-;7-6-;6-5-;5-4-. The van der Waals surface area contributed by atoms with E-state index in [1.165, 1.54) is 98.9 Å². The van der Waals surface area contributed by atoms with Crippen LogP contribution in [0, 0.1) is 91.9 Å². The van der Waals surface area contributed by atoms with E-state index in [2.05, 4.69) is 107 Å². The summed E-state index contributed by atoms with van der Waals surface area (Å²) in [6, 6.07) is 30.6. The molecule has 32 heteroatoms. The molecule has 6 N–H and O–H groups in total. The van der Waals surface area contributed by atoms with E-state index in [9.17, 15) is 53.1 Å². The van der Waals surface area contributed by atoms with Crippen molar-refractivity contribution >= 4 is 101 Å². The summed E-state index contributed by atoms with van der Waals surface area (Å²) in [5.41, 5.74) is 14.7. The summed E-state index contributed by atoms with van der Waals surface area (Å²) < 4.78 is 7.39. The van der Waals surface area contributed by atoms with Crippen LogP contribution in [0.5, 0.6) is 0 Å². The summed E-state index contributed by atoms with van der Waals surface area (Å²) >= 11 is 5.69. The van der Waals surface area contributed by atoms with Crippen LogP contribution in [0.4, 0.5) is 0 Å². The Hall–Kier alpha value is -13.6. The van der Waals surface area contributed by atoms with Crippen LogP contribution in [-0.2, 0) is 47.9 Å². The minimum Gasteiger partial charge on any atom is -0.395 e. The van der Waals surface area contributed by atoms with Crippen LogP contribution in [-0.4, -0.2) is 183 Å². The second-order valence-corrected chi connectivity index (χ2v) is 32.2. The average Bonchev–Trinajstić information content (AvgIpc) is 1.66. The Balaban J connectivity index is 0.000000192. The predicted octanol–water partition coefficient (Wildman–Crippen LogP) is 11.5. The molecule has 5 aromatic heterocycles. The molecule has 650 valence electrons. The van der Waals surface area contributed by atoms with Crippen LogP contribution >= 0.6 is 11.6 Å². The number of ketones is 5. The number of aliphatic hydroxyl groups is 1. The minimum absolute atomic E-state index is 0.00352. The lowest BCUT2D eigenvalue weighted by Crippen LogP contribution is -2.44. The molecule has 2 aliphatic carbocycles. The number of aliphatic hydroxyl groups excluding tert-OH is 1. The van der Waals surface area contributed by atoms with Crippen LogP contribution in [0.25, 0.3) is 87.9 Å². The topological polar surface area (TPSA) is 405 Å². The molecule has 5 heterocycles. The second kappa shape index (κ2) is 45.9. The van der Waals surface area contributed by atoms with Gasteiger partial charge >= 0.3 is 0 Å². The van der Waals surface area contributed by atoms with Crippen LogP contribution in [0.15, 0.2) is 153 Å². The number of rotatable bonds is 32. The van der Waals surface area contributed by atoms with Gasteiger partial charge in [-0.1, -0.05) is 113 Å². The average molecular weight is 1710 g/mol. The molecule has 0 aliphatic heterocycles. The van der Waals surface area contributed by atoms with E-state index < -0.39 is 17.9 Å². The van der Waals surface area contributed by atoms with Gasteiger partial charge in [-0.15, -0.1) is 37.1 Å². The Kier molecular flexibility index (Phi) is 35.5. The third-order valence-electron chi connectivity index (χ3n) is 19.1. The molecule has 2 aliphatic rings. The molecule has 5 aromatic carbocycles. The molecule has 2 fully saturated rings. The fourth-order valence-electron chi connectivity index (χ4n) is 12.2. The Morgan fingerprint density at radius 3 is 0.935 bits per heavy atom. The number of halogens is 1. The van der Waals surface area contributed by atoms with Gasteiger partial charge in [0, 0.05) is 120 Å². The Labute approximate surface area is 726 Å². The number of aryl methyl sites for hydroxylation is 10. The quantitative estimate of drug-likeness (QED) is 0.0168. The maximum absolute atomic E-state index is 12.0. The van der Waals surface area contributed by atoms with Crippen LogP contribution in [0.1, 0.15) is 129 Å². The molecular weight excluding hydrogens is 1600 g/mol. The van der Waals surface area contributed by atoms with Crippen molar-refractivity contribution in [1.82, 2.24) is 100 Å². The first-order chi connectivity index (χ1) is 58.9. The van der Waals surface area contributed by atoms with Gasteiger partial charge < -0.3 is 31.7 Å². The lowest BCUT2D eigenvalue weighted by atomic mass is 9.85. The van der Waals surface area contributed by atoms with Crippen LogP contribution < -0.4 is 26.6 Å². The van der Waals surface area contributed by atoms with E-state index in [0.29, 0.717) is 35.5 Å². The molecule has 5 amide bonds. The number of aromatic nitrogens is 15. The number of amides is 5. The van der Waals surface area contributed by atoms with Crippen molar-refractivity contribution in [3.63, 3.8) is 0 Å². The molecular formula is C92H109ClN20O11. The number of hydrogen-bond donors (Lipinski definition) is 6. The third kappa shape index (κ3) is 31.8. The zero-order valence-corrected chi connectivity index (χ0v) is 73.5. The second-order valence-electron chi connectivity index (χ2n) is 31.9. The number of carbonyl (C=O) groups excluding carboxylic acids is 10. The normalized spacial score (nSPS) is 13.1. The number of benzene rings is 5. The molecule has 0 saturated heterocycles. The largest absolute Gasteiger partial charge is 0.395 e. The predicted molar refractivity (Wildman–Crippen MR) is 477 cm³/mol. The number of hydrogen-bond acceptors (Lipinski definition) is 21. The third-order valence-corrected chi connectivity index (χ3v) is 19.7. The van der Waals surface area contributed by atoms with Gasteiger partial charge in [-0.25, -0.2) is 48.3 Å². The summed E-state index contributed by atoms with van der Waals surface area (Å²) in [5.74, 6) is 1.34. The lowest BCUT2D eigenvalue weighted by molar-refractivity contribution is -0.132. The summed E-state index contributed by atoms with van der Waals surface area (Å²) in [5, 5.41) is 43.8. The molecule has 0 radical (unpaired) electrons. The zero-order chi connectivity index (χ0) is 90.4. The van der Waals surface area contributed by atoms with Gasteiger partial charge in [-0.2, -0.15) is 0 Å². The van der Waals surface area contributed by atoms with Crippen LogP contribution in [0.2, 0.25) is 0 Å². The lowest BCUT2D eigenvalue weighted by Gasteiger charge is -2.23. The van der Waals surface area contributed by atoms with E-state index in [-0.39, 0.29) is 108 Å².